The molecular weight excluding hydrogens is 361 g/mol. The Bertz CT molecular complexity index is 684. The van der Waals surface area contributed by atoms with E-state index < -0.39 is 23.2 Å². The van der Waals surface area contributed by atoms with Crippen molar-refractivity contribution in [1.82, 2.24) is 14.4 Å². The van der Waals surface area contributed by atoms with E-state index in [4.69, 9.17) is 0 Å². The second-order valence-corrected chi connectivity index (χ2v) is 6.33. The molecule has 0 aliphatic carbocycles. The van der Waals surface area contributed by atoms with E-state index in [9.17, 15) is 22.0 Å². The maximum atomic E-state index is 13.3. The topological polar surface area (TPSA) is 30.2 Å². The fourth-order valence-electron chi connectivity index (χ4n) is 1.71. The fraction of sp³-hybridized carbons (Fsp3) is 0.500. The summed E-state index contributed by atoms with van der Waals surface area (Å²) in [7, 11) is 0. The van der Waals surface area contributed by atoms with Crippen molar-refractivity contribution in [3.8, 4) is 0 Å². The second kappa shape index (κ2) is 4.62. The van der Waals surface area contributed by atoms with Gasteiger partial charge in [0.25, 0.3) is 0 Å². The predicted molar refractivity (Wildman–Crippen MR) is 69.3 cm³/mol. The van der Waals surface area contributed by atoms with E-state index in [1.165, 1.54) is 4.40 Å². The molecule has 0 atom stereocenters. The van der Waals surface area contributed by atoms with Gasteiger partial charge in [-0.15, -0.1) is 0 Å². The van der Waals surface area contributed by atoms with Gasteiger partial charge in [0.05, 0.1) is 5.69 Å². The van der Waals surface area contributed by atoms with Crippen LogP contribution in [0.3, 0.4) is 0 Å². The van der Waals surface area contributed by atoms with Gasteiger partial charge in [0.2, 0.25) is 0 Å². The van der Waals surface area contributed by atoms with Crippen molar-refractivity contribution in [3.63, 3.8) is 0 Å². The van der Waals surface area contributed by atoms with E-state index in [1.54, 1.807) is 0 Å². The molecule has 21 heavy (non-hydrogen) atoms. The number of imidazole rings is 1. The summed E-state index contributed by atoms with van der Waals surface area (Å²) in [4.78, 5) is 7.34. The summed E-state index contributed by atoms with van der Waals surface area (Å²) in [6.07, 6.45) is -4.80. The molecule has 0 fully saturated rings. The molecule has 2 aromatic rings. The quantitative estimate of drug-likeness (QED) is 0.693. The number of fused-ring (bicyclic) bond motifs is 1. The predicted octanol–water partition coefficient (Wildman–Crippen LogP) is 4.44. The highest BCUT2D eigenvalue weighted by Crippen LogP contribution is 2.43. The first-order chi connectivity index (χ1) is 9.35. The van der Waals surface area contributed by atoms with Crippen LogP contribution in [0.1, 0.15) is 32.2 Å². The van der Waals surface area contributed by atoms with Crippen molar-refractivity contribution in [2.75, 3.05) is 0 Å². The molecule has 0 aliphatic rings. The Hall–Kier alpha value is -1.25. The third-order valence-electron chi connectivity index (χ3n) is 2.85. The molecule has 0 unspecified atom stereocenters. The minimum Gasteiger partial charge on any atom is -0.277 e. The molecule has 0 saturated carbocycles. The molecule has 116 valence electrons. The lowest BCUT2D eigenvalue weighted by Crippen LogP contribution is -2.34. The van der Waals surface area contributed by atoms with Gasteiger partial charge in [0, 0.05) is 11.5 Å². The molecule has 0 spiro atoms. The number of halogens is 6. The smallest absolute Gasteiger partial charge is 0.277 e. The molecule has 0 radical (unpaired) electrons. The molecule has 2 rings (SSSR count). The zero-order valence-electron chi connectivity index (χ0n) is 11.3. The summed E-state index contributed by atoms with van der Waals surface area (Å²) < 4.78 is 65.5. The highest BCUT2D eigenvalue weighted by atomic mass is 79.9. The third-order valence-corrected chi connectivity index (χ3v) is 3.60. The van der Waals surface area contributed by atoms with Crippen LogP contribution in [0.4, 0.5) is 22.0 Å². The van der Waals surface area contributed by atoms with Crippen LogP contribution >= 0.6 is 15.9 Å². The molecule has 0 saturated heterocycles. The molecule has 0 amide bonds. The average molecular weight is 372 g/mol. The Morgan fingerprint density at radius 1 is 1.10 bits per heavy atom. The summed E-state index contributed by atoms with van der Waals surface area (Å²) >= 11 is 3.25. The van der Waals surface area contributed by atoms with Crippen molar-refractivity contribution in [2.45, 2.75) is 38.3 Å². The lowest BCUT2D eigenvalue weighted by molar-refractivity contribution is -0.290. The van der Waals surface area contributed by atoms with Gasteiger partial charge in [0.1, 0.15) is 22.3 Å². The molecular formula is C12H11BrF5N3. The first-order valence-corrected chi connectivity index (χ1v) is 6.64. The van der Waals surface area contributed by atoms with Crippen LogP contribution in [0.5, 0.6) is 0 Å². The van der Waals surface area contributed by atoms with Gasteiger partial charge in [-0.05, 0) is 15.9 Å². The number of rotatable bonds is 1. The second-order valence-electron chi connectivity index (χ2n) is 5.58. The van der Waals surface area contributed by atoms with Crippen molar-refractivity contribution in [3.05, 3.63) is 28.4 Å². The minimum atomic E-state index is -5.70. The number of hydrogen-bond acceptors (Lipinski definition) is 2. The van der Waals surface area contributed by atoms with Gasteiger partial charge in [0.15, 0.2) is 0 Å². The van der Waals surface area contributed by atoms with E-state index in [0.717, 1.165) is 6.33 Å². The molecule has 0 bridgehead atoms. The van der Waals surface area contributed by atoms with Crippen LogP contribution in [0.25, 0.3) is 5.65 Å². The SMILES string of the molecule is CC(C)(C)c1nc2cc(C(F)(F)C(F)(F)F)ncn2c1Br. The average Bonchev–Trinajstić information content (AvgIpc) is 2.64. The lowest BCUT2D eigenvalue weighted by Gasteiger charge is -2.18. The molecule has 0 aliphatic heterocycles. The first kappa shape index (κ1) is 16.1. The Morgan fingerprint density at radius 2 is 1.67 bits per heavy atom. The summed E-state index contributed by atoms with van der Waals surface area (Å²) in [5.74, 6) is -5.02. The summed E-state index contributed by atoms with van der Waals surface area (Å²) in [5.41, 5.74) is -1.27. The van der Waals surface area contributed by atoms with E-state index in [0.29, 0.717) is 16.4 Å². The minimum absolute atomic E-state index is 0.0271. The molecule has 9 heteroatoms. The van der Waals surface area contributed by atoms with Gasteiger partial charge in [-0.2, -0.15) is 22.0 Å². The van der Waals surface area contributed by atoms with Gasteiger partial charge < -0.3 is 0 Å². The molecule has 0 N–H and O–H groups in total. The molecule has 2 aromatic heterocycles. The third kappa shape index (κ3) is 2.63. The molecule has 0 aromatic carbocycles. The van der Waals surface area contributed by atoms with Gasteiger partial charge in [-0.3, -0.25) is 4.40 Å². The van der Waals surface area contributed by atoms with Crippen LogP contribution in [-0.2, 0) is 11.3 Å². The monoisotopic (exact) mass is 371 g/mol. The standard InChI is InChI=1S/C12H11BrF5N3/c1-10(2,3)8-9(13)21-5-19-6(4-7(21)20-8)11(14,15)12(16,17)18/h4-5H,1-3H3. The normalized spacial score (nSPS) is 14.0. The first-order valence-electron chi connectivity index (χ1n) is 5.85. The maximum Gasteiger partial charge on any atom is 0.459 e. The number of hydrogen-bond donors (Lipinski definition) is 0. The van der Waals surface area contributed by atoms with Gasteiger partial charge in [-0.1, -0.05) is 20.8 Å². The highest BCUT2D eigenvalue weighted by molar-refractivity contribution is 9.10. The maximum absolute atomic E-state index is 13.3. The van der Waals surface area contributed by atoms with Crippen LogP contribution in [0, 0.1) is 0 Å². The van der Waals surface area contributed by atoms with Gasteiger partial charge >= 0.3 is 12.1 Å². The van der Waals surface area contributed by atoms with Crippen molar-refractivity contribution < 1.29 is 22.0 Å². The zero-order valence-corrected chi connectivity index (χ0v) is 12.9. The zero-order chi connectivity index (χ0) is 16.2. The van der Waals surface area contributed by atoms with Crippen LogP contribution in [0.15, 0.2) is 17.0 Å². The molecule has 3 nitrogen and oxygen atoms in total. The summed E-state index contributed by atoms with van der Waals surface area (Å²) in [5, 5.41) is 0. The largest absolute Gasteiger partial charge is 0.459 e. The van der Waals surface area contributed by atoms with E-state index in [2.05, 4.69) is 25.9 Å². The van der Waals surface area contributed by atoms with Crippen LogP contribution in [-0.4, -0.2) is 20.5 Å². The Morgan fingerprint density at radius 3 is 2.14 bits per heavy atom. The Kier molecular flexibility index (Phi) is 3.55. The summed E-state index contributed by atoms with van der Waals surface area (Å²) in [6.45, 7) is 5.54. The van der Waals surface area contributed by atoms with Crippen LogP contribution in [0.2, 0.25) is 0 Å². The van der Waals surface area contributed by atoms with Crippen molar-refractivity contribution in [1.29, 1.82) is 0 Å². The highest BCUT2D eigenvalue weighted by Gasteiger charge is 2.60. The van der Waals surface area contributed by atoms with Crippen molar-refractivity contribution in [2.24, 2.45) is 0 Å². The van der Waals surface area contributed by atoms with Crippen molar-refractivity contribution >= 4 is 21.6 Å². The van der Waals surface area contributed by atoms with Crippen LogP contribution < -0.4 is 0 Å². The van der Waals surface area contributed by atoms with Gasteiger partial charge in [-0.25, -0.2) is 9.97 Å². The lowest BCUT2D eigenvalue weighted by atomic mass is 9.93. The Balaban J connectivity index is 2.64. The fourth-order valence-corrected chi connectivity index (χ4v) is 2.67. The van der Waals surface area contributed by atoms with E-state index in [-0.39, 0.29) is 5.65 Å². The number of nitrogens with zero attached hydrogens (tertiary/aromatic N) is 3. The van der Waals surface area contributed by atoms with E-state index in [1.807, 2.05) is 20.8 Å². The number of aromatic nitrogens is 3. The Labute approximate surface area is 125 Å². The van der Waals surface area contributed by atoms with E-state index >= 15 is 0 Å². The molecule has 2 heterocycles. The summed E-state index contributed by atoms with van der Waals surface area (Å²) in [6, 6.07) is 0.646. The number of alkyl halides is 5.